The fourth-order valence-corrected chi connectivity index (χ4v) is 4.24. The summed E-state index contributed by atoms with van der Waals surface area (Å²) in [6.45, 7) is 0.394. The molecule has 0 aliphatic carbocycles. The minimum Gasteiger partial charge on any atom is -0.504 e. The van der Waals surface area contributed by atoms with Gasteiger partial charge in [-0.15, -0.1) is 10.8 Å². The van der Waals surface area contributed by atoms with Crippen LogP contribution >= 0.6 is 10.8 Å². The van der Waals surface area contributed by atoms with Crippen molar-refractivity contribution in [3.63, 3.8) is 0 Å². The fraction of sp³-hybridized carbons (Fsp3) is 0.357. The van der Waals surface area contributed by atoms with E-state index in [0.717, 1.165) is 6.42 Å². The Morgan fingerprint density at radius 2 is 2.17 bits per heavy atom. The van der Waals surface area contributed by atoms with Gasteiger partial charge in [-0.1, -0.05) is 0 Å². The van der Waals surface area contributed by atoms with E-state index >= 15 is 0 Å². The van der Waals surface area contributed by atoms with Crippen molar-refractivity contribution in [2.45, 2.75) is 12.8 Å². The molecule has 2 aromatic rings. The number of aromatic hydroxyl groups is 1. The number of fused-ring (bicyclic) bond motifs is 1. The van der Waals surface area contributed by atoms with E-state index in [4.69, 9.17) is 0 Å². The lowest BCUT2D eigenvalue weighted by atomic mass is 10.2. The molecule has 0 atom stereocenters. The first-order chi connectivity index (χ1) is 11.0. The van der Waals surface area contributed by atoms with E-state index in [-0.39, 0.29) is 28.5 Å². The highest BCUT2D eigenvalue weighted by molar-refractivity contribution is 8.25. The lowest BCUT2D eigenvalue weighted by Crippen LogP contribution is -2.35. The van der Waals surface area contributed by atoms with Gasteiger partial charge in [0.2, 0.25) is 0 Å². The number of nitrogens with zero attached hydrogens (tertiary/aromatic N) is 3. The van der Waals surface area contributed by atoms with Crippen LogP contribution in [0, 0.1) is 0 Å². The van der Waals surface area contributed by atoms with Crippen molar-refractivity contribution in [1.82, 2.24) is 9.97 Å². The van der Waals surface area contributed by atoms with E-state index in [1.807, 2.05) is 0 Å². The molecule has 1 aliphatic rings. The number of esters is 1. The second-order valence-electron chi connectivity index (χ2n) is 5.17. The van der Waals surface area contributed by atoms with Crippen LogP contribution in [0.25, 0.3) is 10.9 Å². The highest BCUT2D eigenvalue weighted by Gasteiger charge is 2.31. The summed E-state index contributed by atoms with van der Waals surface area (Å²) in [4.78, 5) is 20.1. The smallest absolute Gasteiger partial charge is 0.360 e. The van der Waals surface area contributed by atoms with E-state index in [1.165, 1.54) is 17.6 Å². The first kappa shape index (κ1) is 15.8. The van der Waals surface area contributed by atoms with Crippen molar-refractivity contribution >= 4 is 33.5 Å². The Morgan fingerprint density at radius 3 is 2.87 bits per heavy atom. The van der Waals surface area contributed by atoms with Crippen LogP contribution < -0.4 is 4.31 Å². The first-order valence-electron chi connectivity index (χ1n) is 7.05. The third-order valence-electron chi connectivity index (χ3n) is 3.71. The largest absolute Gasteiger partial charge is 0.504 e. The molecule has 3 heterocycles. The molecular formula is C14H17N3O5S. The second-order valence-corrected chi connectivity index (χ2v) is 7.28. The van der Waals surface area contributed by atoms with E-state index < -0.39 is 16.7 Å². The monoisotopic (exact) mass is 339 g/mol. The molecule has 0 amide bonds. The van der Waals surface area contributed by atoms with Crippen LogP contribution in [0.2, 0.25) is 0 Å². The Bertz CT molecular complexity index is 767. The van der Waals surface area contributed by atoms with Crippen LogP contribution in [-0.2, 0) is 4.74 Å². The predicted octanol–water partition coefficient (Wildman–Crippen LogP) is 2.39. The van der Waals surface area contributed by atoms with Gasteiger partial charge in [-0.3, -0.25) is 18.4 Å². The van der Waals surface area contributed by atoms with E-state index in [0.29, 0.717) is 18.4 Å². The number of carbonyl (C=O) groups excluding carboxylic acids is 1. The maximum atomic E-state index is 11.9. The van der Waals surface area contributed by atoms with Gasteiger partial charge in [0.05, 0.1) is 12.9 Å². The lowest BCUT2D eigenvalue weighted by Gasteiger charge is -2.46. The summed E-state index contributed by atoms with van der Waals surface area (Å²) in [7, 11) is -1.84. The van der Waals surface area contributed by atoms with Gasteiger partial charge >= 0.3 is 5.97 Å². The molecule has 9 heteroatoms. The molecule has 8 nitrogen and oxygen atoms in total. The van der Waals surface area contributed by atoms with Crippen LogP contribution in [0.5, 0.6) is 5.75 Å². The van der Waals surface area contributed by atoms with Gasteiger partial charge in [-0.05, 0) is 25.0 Å². The molecule has 3 N–H and O–H groups in total. The number of rotatable bonds is 2. The molecule has 0 spiro atoms. The molecule has 3 rings (SSSR count). The van der Waals surface area contributed by atoms with Gasteiger partial charge in [0.1, 0.15) is 5.52 Å². The molecule has 0 saturated carbocycles. The summed E-state index contributed by atoms with van der Waals surface area (Å²) in [5, 5.41) is 10.7. The van der Waals surface area contributed by atoms with Crippen LogP contribution in [-0.4, -0.2) is 49.6 Å². The predicted molar refractivity (Wildman–Crippen MR) is 86.8 cm³/mol. The maximum Gasteiger partial charge on any atom is 0.360 e. The second kappa shape index (κ2) is 5.84. The van der Waals surface area contributed by atoms with Crippen LogP contribution in [0.1, 0.15) is 23.3 Å². The number of hydrogen-bond acceptors (Lipinski definition) is 8. The van der Waals surface area contributed by atoms with E-state index in [2.05, 4.69) is 14.7 Å². The average molecular weight is 339 g/mol. The minimum absolute atomic E-state index is 0.165. The lowest BCUT2D eigenvalue weighted by molar-refractivity contribution is 0.0591. The SMILES string of the molecule is COC(=O)c1nc(N2CCCCS2(O)O)c2cccnc2c1O. The Morgan fingerprint density at radius 1 is 1.39 bits per heavy atom. The summed E-state index contributed by atoms with van der Waals surface area (Å²) >= 11 is 0. The number of hydrogen-bond donors (Lipinski definition) is 3. The standard InChI is InChI=1S/C14H17N3O5S/c1-22-14(19)11-12(18)10-9(5-4-6-15-10)13(16-11)17-7-2-3-8-23(17,20)21/h4-6,18,20-21H,2-3,7-8H2,1H3. The van der Waals surface area contributed by atoms with Gasteiger partial charge in [-0.2, -0.15) is 0 Å². The molecule has 1 aliphatic heterocycles. The van der Waals surface area contributed by atoms with Crippen molar-refractivity contribution in [1.29, 1.82) is 0 Å². The third kappa shape index (κ3) is 2.67. The maximum absolute atomic E-state index is 11.9. The molecule has 0 bridgehead atoms. The van der Waals surface area contributed by atoms with Crippen LogP contribution in [0.15, 0.2) is 18.3 Å². The van der Waals surface area contributed by atoms with Crippen LogP contribution in [0.4, 0.5) is 5.82 Å². The number of anilines is 1. The highest BCUT2D eigenvalue weighted by atomic mass is 32.3. The topological polar surface area (TPSA) is 116 Å². The van der Waals surface area contributed by atoms with Crippen molar-refractivity contribution in [2.24, 2.45) is 0 Å². The zero-order valence-corrected chi connectivity index (χ0v) is 13.3. The van der Waals surface area contributed by atoms with Crippen molar-refractivity contribution in [3.8, 4) is 5.75 Å². The molecule has 2 aromatic heterocycles. The summed E-state index contributed by atoms with van der Waals surface area (Å²) in [6.07, 6.45) is 2.95. The van der Waals surface area contributed by atoms with Gasteiger partial charge in [-0.25, -0.2) is 9.78 Å². The molecule has 1 fully saturated rings. The Hall–Kier alpha value is -2.10. The first-order valence-corrected chi connectivity index (χ1v) is 8.72. The van der Waals surface area contributed by atoms with Gasteiger partial charge < -0.3 is 9.84 Å². The Balaban J connectivity index is 2.27. The summed E-state index contributed by atoms with van der Waals surface area (Å²) in [5.74, 6) is -0.745. The molecule has 0 aromatic carbocycles. The molecule has 0 unspecified atom stereocenters. The van der Waals surface area contributed by atoms with Gasteiger partial charge in [0.25, 0.3) is 0 Å². The zero-order chi connectivity index (χ0) is 16.6. The van der Waals surface area contributed by atoms with Gasteiger partial charge in [0.15, 0.2) is 17.3 Å². The number of carbonyl (C=O) groups is 1. The van der Waals surface area contributed by atoms with E-state index in [1.54, 1.807) is 12.1 Å². The van der Waals surface area contributed by atoms with Gasteiger partial charge in [0, 0.05) is 18.1 Å². The van der Waals surface area contributed by atoms with Crippen molar-refractivity contribution in [2.75, 3.05) is 23.7 Å². The minimum atomic E-state index is -3.02. The number of aromatic nitrogens is 2. The summed E-state index contributed by atoms with van der Waals surface area (Å²) in [5.41, 5.74) is -0.131. The molecular weight excluding hydrogens is 322 g/mol. The van der Waals surface area contributed by atoms with Crippen molar-refractivity contribution < 1.29 is 23.7 Å². The Labute approximate surface area is 134 Å². The third-order valence-corrected chi connectivity index (χ3v) is 5.61. The summed E-state index contributed by atoms with van der Waals surface area (Å²) < 4.78 is 26.7. The summed E-state index contributed by atoms with van der Waals surface area (Å²) in [6, 6.07) is 3.32. The highest BCUT2D eigenvalue weighted by Crippen LogP contribution is 2.51. The molecule has 23 heavy (non-hydrogen) atoms. The zero-order valence-electron chi connectivity index (χ0n) is 12.5. The molecule has 1 saturated heterocycles. The fourth-order valence-electron chi connectivity index (χ4n) is 2.59. The number of ether oxygens (including phenoxy) is 1. The Kier molecular flexibility index (Phi) is 4.00. The number of methoxy groups -OCH3 is 1. The molecule has 124 valence electrons. The average Bonchev–Trinajstić information content (AvgIpc) is 2.55. The normalized spacial score (nSPS) is 18.7. The number of pyridine rings is 2. The van der Waals surface area contributed by atoms with Crippen molar-refractivity contribution in [3.05, 3.63) is 24.0 Å². The van der Waals surface area contributed by atoms with E-state index in [9.17, 15) is 19.0 Å². The van der Waals surface area contributed by atoms with Crippen LogP contribution in [0.3, 0.4) is 0 Å². The molecule has 0 radical (unpaired) electrons. The quantitative estimate of drug-likeness (QED) is 0.714.